The molecular weight excluding hydrogens is 342 g/mol. The van der Waals surface area contributed by atoms with E-state index in [-0.39, 0.29) is 0 Å². The summed E-state index contributed by atoms with van der Waals surface area (Å²) in [4.78, 5) is 4.46. The number of hydrogen-bond acceptors (Lipinski definition) is 2. The number of aliphatic imine (C=N–C) groups is 1. The fraction of sp³-hybridized carbons (Fsp3) is 0.0385. The number of ether oxygens (including phenoxy) is 1. The van der Waals surface area contributed by atoms with E-state index in [1.807, 2.05) is 36.7 Å². The summed E-state index contributed by atoms with van der Waals surface area (Å²) < 4.78 is 5.18. The Labute approximate surface area is 163 Å². The van der Waals surface area contributed by atoms with Crippen molar-refractivity contribution in [3.8, 4) is 5.75 Å². The standard InChI is InChI=1S/C26H19NO/c1-28-23-12-5-18(6-13-23)17-27-16-15-19-7-8-22-10-9-20-3-2-4-21-11-14-24(19)26(22)25(20)21/h2-17H,1H3/b16-15+,27-17?. The molecular formula is C26H19NO. The molecule has 134 valence electrons. The Morgan fingerprint density at radius 3 is 2.14 bits per heavy atom. The van der Waals surface area contributed by atoms with E-state index < -0.39 is 0 Å². The zero-order chi connectivity index (χ0) is 18.9. The molecule has 2 heteroatoms. The van der Waals surface area contributed by atoms with Gasteiger partial charge in [-0.15, -0.1) is 0 Å². The predicted molar refractivity (Wildman–Crippen MR) is 120 cm³/mol. The zero-order valence-corrected chi connectivity index (χ0v) is 15.6. The maximum Gasteiger partial charge on any atom is 0.118 e. The molecule has 0 aliphatic heterocycles. The SMILES string of the molecule is COc1ccc(C=N/C=C/c2ccc3ccc4cccc5ccc2c3c45)cc1. The van der Waals surface area contributed by atoms with Crippen LogP contribution in [0.3, 0.4) is 0 Å². The highest BCUT2D eigenvalue weighted by Gasteiger charge is 2.09. The van der Waals surface area contributed by atoms with Crippen molar-refractivity contribution in [2.75, 3.05) is 7.11 Å². The van der Waals surface area contributed by atoms with Crippen molar-refractivity contribution < 1.29 is 4.74 Å². The normalized spacial score (nSPS) is 12.2. The number of benzene rings is 5. The van der Waals surface area contributed by atoms with Crippen molar-refractivity contribution in [2.24, 2.45) is 4.99 Å². The van der Waals surface area contributed by atoms with E-state index in [0.717, 1.165) is 11.3 Å². The molecule has 0 radical (unpaired) electrons. The van der Waals surface area contributed by atoms with Gasteiger partial charge in [0, 0.05) is 12.4 Å². The van der Waals surface area contributed by atoms with Gasteiger partial charge in [-0.1, -0.05) is 54.6 Å². The smallest absolute Gasteiger partial charge is 0.118 e. The molecule has 0 unspecified atom stereocenters. The molecule has 5 aromatic carbocycles. The summed E-state index contributed by atoms with van der Waals surface area (Å²) in [6.45, 7) is 0. The molecule has 0 N–H and O–H groups in total. The van der Waals surface area contributed by atoms with Crippen LogP contribution in [0, 0.1) is 0 Å². The summed E-state index contributed by atoms with van der Waals surface area (Å²) in [7, 11) is 1.67. The molecule has 0 aliphatic carbocycles. The van der Waals surface area contributed by atoms with Gasteiger partial charge in [-0.3, -0.25) is 4.99 Å². The average molecular weight is 361 g/mol. The second kappa shape index (κ2) is 6.82. The van der Waals surface area contributed by atoms with Gasteiger partial charge in [-0.25, -0.2) is 0 Å². The van der Waals surface area contributed by atoms with Crippen LogP contribution in [0.2, 0.25) is 0 Å². The van der Waals surface area contributed by atoms with E-state index in [4.69, 9.17) is 4.74 Å². The Morgan fingerprint density at radius 2 is 1.39 bits per heavy atom. The molecule has 0 amide bonds. The van der Waals surface area contributed by atoms with Gasteiger partial charge in [0.15, 0.2) is 0 Å². The second-order valence-corrected chi connectivity index (χ2v) is 6.88. The first-order chi connectivity index (χ1) is 13.8. The van der Waals surface area contributed by atoms with Crippen molar-refractivity contribution in [1.82, 2.24) is 0 Å². The van der Waals surface area contributed by atoms with E-state index in [1.165, 1.54) is 37.9 Å². The van der Waals surface area contributed by atoms with Gasteiger partial charge in [-0.05, 0) is 73.8 Å². The molecule has 0 aliphatic rings. The van der Waals surface area contributed by atoms with Crippen LogP contribution in [-0.2, 0) is 0 Å². The first kappa shape index (κ1) is 16.5. The van der Waals surface area contributed by atoms with Crippen LogP contribution in [0.4, 0.5) is 0 Å². The van der Waals surface area contributed by atoms with Crippen LogP contribution in [0.1, 0.15) is 11.1 Å². The highest BCUT2D eigenvalue weighted by atomic mass is 16.5. The Balaban J connectivity index is 1.53. The summed E-state index contributed by atoms with van der Waals surface area (Å²) in [6, 6.07) is 27.6. The molecule has 0 fully saturated rings. The average Bonchev–Trinajstić information content (AvgIpc) is 2.76. The van der Waals surface area contributed by atoms with Crippen LogP contribution in [-0.4, -0.2) is 13.3 Å². The van der Waals surface area contributed by atoms with Crippen LogP contribution in [0.15, 0.2) is 90.1 Å². The molecule has 0 spiro atoms. The van der Waals surface area contributed by atoms with Gasteiger partial charge in [0.25, 0.3) is 0 Å². The molecule has 0 bridgehead atoms. The molecule has 0 atom stereocenters. The van der Waals surface area contributed by atoms with Crippen molar-refractivity contribution in [2.45, 2.75) is 0 Å². The third-order valence-electron chi connectivity index (χ3n) is 5.24. The fourth-order valence-corrected chi connectivity index (χ4v) is 3.85. The maximum atomic E-state index is 5.18. The molecule has 5 rings (SSSR count). The highest BCUT2D eigenvalue weighted by molar-refractivity contribution is 6.24. The molecule has 5 aromatic rings. The minimum absolute atomic E-state index is 0.848. The van der Waals surface area contributed by atoms with E-state index in [2.05, 4.69) is 65.7 Å². The van der Waals surface area contributed by atoms with Gasteiger partial charge >= 0.3 is 0 Å². The zero-order valence-electron chi connectivity index (χ0n) is 15.6. The summed E-state index contributed by atoms with van der Waals surface area (Å²) in [6.07, 6.45) is 5.79. The van der Waals surface area contributed by atoms with Crippen LogP contribution < -0.4 is 4.74 Å². The predicted octanol–water partition coefficient (Wildman–Crippen LogP) is 6.68. The Hall–Kier alpha value is -3.65. The number of methoxy groups -OCH3 is 1. The second-order valence-electron chi connectivity index (χ2n) is 6.88. The molecule has 0 saturated carbocycles. The topological polar surface area (TPSA) is 21.6 Å². The van der Waals surface area contributed by atoms with Crippen molar-refractivity contribution >= 4 is 44.6 Å². The van der Waals surface area contributed by atoms with Gasteiger partial charge in [0.2, 0.25) is 0 Å². The summed E-state index contributed by atoms with van der Waals surface area (Å²) in [5, 5.41) is 7.78. The van der Waals surface area contributed by atoms with Gasteiger partial charge < -0.3 is 4.74 Å². The van der Waals surface area contributed by atoms with Crippen molar-refractivity contribution in [3.05, 3.63) is 96.2 Å². The third kappa shape index (κ3) is 2.80. The van der Waals surface area contributed by atoms with Gasteiger partial charge in [0.1, 0.15) is 5.75 Å². The lowest BCUT2D eigenvalue weighted by atomic mass is 9.92. The molecule has 0 aromatic heterocycles. The highest BCUT2D eigenvalue weighted by Crippen LogP contribution is 2.36. The molecule has 2 nitrogen and oxygen atoms in total. The fourth-order valence-electron chi connectivity index (χ4n) is 3.85. The van der Waals surface area contributed by atoms with Crippen LogP contribution in [0.5, 0.6) is 5.75 Å². The van der Waals surface area contributed by atoms with Crippen molar-refractivity contribution in [1.29, 1.82) is 0 Å². The summed E-state index contributed by atoms with van der Waals surface area (Å²) in [5.41, 5.74) is 2.22. The summed E-state index contributed by atoms with van der Waals surface area (Å²) >= 11 is 0. The third-order valence-corrected chi connectivity index (χ3v) is 5.24. The van der Waals surface area contributed by atoms with Crippen LogP contribution in [0.25, 0.3) is 38.4 Å². The van der Waals surface area contributed by atoms with E-state index in [1.54, 1.807) is 7.11 Å². The largest absolute Gasteiger partial charge is 0.497 e. The van der Waals surface area contributed by atoms with Gasteiger partial charge in [-0.2, -0.15) is 0 Å². The van der Waals surface area contributed by atoms with E-state index in [9.17, 15) is 0 Å². The van der Waals surface area contributed by atoms with Gasteiger partial charge in [0.05, 0.1) is 7.11 Å². The van der Waals surface area contributed by atoms with E-state index >= 15 is 0 Å². The van der Waals surface area contributed by atoms with Crippen molar-refractivity contribution in [3.63, 3.8) is 0 Å². The minimum Gasteiger partial charge on any atom is -0.497 e. The monoisotopic (exact) mass is 361 g/mol. The van der Waals surface area contributed by atoms with E-state index in [0.29, 0.717) is 0 Å². The first-order valence-electron chi connectivity index (χ1n) is 9.34. The lowest BCUT2D eigenvalue weighted by molar-refractivity contribution is 0.415. The lowest BCUT2D eigenvalue weighted by Gasteiger charge is -2.12. The quantitative estimate of drug-likeness (QED) is 0.258. The lowest BCUT2D eigenvalue weighted by Crippen LogP contribution is -1.86. The number of rotatable bonds is 4. The first-order valence-corrected chi connectivity index (χ1v) is 9.34. The maximum absolute atomic E-state index is 5.18. The molecule has 0 heterocycles. The Kier molecular flexibility index (Phi) is 4.02. The Morgan fingerprint density at radius 1 is 0.714 bits per heavy atom. The molecule has 0 saturated heterocycles. The number of nitrogens with zero attached hydrogens (tertiary/aromatic N) is 1. The minimum atomic E-state index is 0.848. The Bertz CT molecular complexity index is 1310. The summed E-state index contributed by atoms with van der Waals surface area (Å²) in [5.74, 6) is 0.848. The molecule has 28 heavy (non-hydrogen) atoms. The number of hydrogen-bond donors (Lipinski definition) is 0. The van der Waals surface area contributed by atoms with Crippen LogP contribution >= 0.6 is 0 Å².